The quantitative estimate of drug-likeness (QED) is 0.829. The van der Waals surface area contributed by atoms with Crippen molar-refractivity contribution in [2.75, 3.05) is 29.6 Å². The van der Waals surface area contributed by atoms with Gasteiger partial charge in [-0.3, -0.25) is 9.10 Å². The van der Waals surface area contributed by atoms with Crippen LogP contribution in [0.3, 0.4) is 0 Å². The molecule has 0 N–H and O–H groups in total. The number of hydrogen-bond donors (Lipinski definition) is 0. The van der Waals surface area contributed by atoms with Crippen molar-refractivity contribution >= 4 is 27.3 Å². The first-order chi connectivity index (χ1) is 8.77. The van der Waals surface area contributed by atoms with Gasteiger partial charge in [0.25, 0.3) is 0 Å². The lowest BCUT2D eigenvalue weighted by Crippen LogP contribution is -2.26. The Morgan fingerprint density at radius 1 is 1.11 bits per heavy atom. The molecule has 0 atom stereocenters. The van der Waals surface area contributed by atoms with Gasteiger partial charge in [0.05, 0.1) is 11.9 Å². The van der Waals surface area contributed by atoms with Gasteiger partial charge in [-0.25, -0.2) is 8.42 Å². The van der Waals surface area contributed by atoms with Gasteiger partial charge in [0.2, 0.25) is 15.9 Å². The SMILES string of the molecule is CCCC(=O)N(C)c1ccc(N(C)S(C)(=O)=O)cc1. The number of sulfonamides is 1. The molecule has 19 heavy (non-hydrogen) atoms. The molecule has 1 aromatic rings. The van der Waals surface area contributed by atoms with Crippen LogP contribution in [-0.2, 0) is 14.8 Å². The molecule has 0 heterocycles. The molecule has 0 radical (unpaired) electrons. The van der Waals surface area contributed by atoms with Crippen molar-refractivity contribution in [3.05, 3.63) is 24.3 Å². The standard InChI is InChI=1S/C13H20N2O3S/c1-5-6-13(16)14(2)11-7-9-12(10-8-11)15(3)19(4,17)18/h7-10H,5-6H2,1-4H3. The third kappa shape index (κ3) is 3.96. The highest BCUT2D eigenvalue weighted by atomic mass is 32.2. The van der Waals surface area contributed by atoms with Gasteiger partial charge >= 0.3 is 0 Å². The Bertz CT molecular complexity index is 538. The van der Waals surface area contributed by atoms with Crippen LogP contribution in [0.15, 0.2) is 24.3 Å². The lowest BCUT2D eigenvalue weighted by molar-refractivity contribution is -0.118. The van der Waals surface area contributed by atoms with Crippen molar-refractivity contribution in [1.82, 2.24) is 0 Å². The van der Waals surface area contributed by atoms with Crippen molar-refractivity contribution in [2.45, 2.75) is 19.8 Å². The molecular formula is C13H20N2O3S. The molecule has 1 aromatic carbocycles. The Kier molecular flexibility index (Phi) is 4.94. The molecule has 1 rings (SSSR count). The molecule has 5 nitrogen and oxygen atoms in total. The van der Waals surface area contributed by atoms with Crippen LogP contribution in [0.4, 0.5) is 11.4 Å². The third-order valence-corrected chi connectivity index (χ3v) is 4.14. The molecular weight excluding hydrogens is 264 g/mol. The molecule has 1 amide bonds. The number of nitrogens with zero attached hydrogens (tertiary/aromatic N) is 2. The van der Waals surface area contributed by atoms with Crippen molar-refractivity contribution in [3.8, 4) is 0 Å². The lowest BCUT2D eigenvalue weighted by atomic mass is 10.2. The molecule has 0 aromatic heterocycles. The Morgan fingerprint density at radius 3 is 2.00 bits per heavy atom. The van der Waals surface area contributed by atoms with E-state index in [0.717, 1.165) is 18.4 Å². The van der Waals surface area contributed by atoms with Crippen LogP contribution in [0.5, 0.6) is 0 Å². The second kappa shape index (κ2) is 6.06. The summed E-state index contributed by atoms with van der Waals surface area (Å²) in [5.74, 6) is 0.0479. The van der Waals surface area contributed by atoms with E-state index in [1.807, 2.05) is 6.92 Å². The maximum absolute atomic E-state index is 11.7. The summed E-state index contributed by atoms with van der Waals surface area (Å²) < 4.78 is 24.0. The molecule has 0 bridgehead atoms. The largest absolute Gasteiger partial charge is 0.316 e. The first-order valence-corrected chi connectivity index (χ1v) is 7.92. The monoisotopic (exact) mass is 284 g/mol. The van der Waals surface area contributed by atoms with E-state index in [1.165, 1.54) is 11.4 Å². The van der Waals surface area contributed by atoms with Gasteiger partial charge in [0.1, 0.15) is 0 Å². The number of benzene rings is 1. The number of hydrogen-bond acceptors (Lipinski definition) is 3. The molecule has 0 aliphatic carbocycles. The van der Waals surface area contributed by atoms with E-state index in [-0.39, 0.29) is 5.91 Å². The van der Waals surface area contributed by atoms with Crippen molar-refractivity contribution < 1.29 is 13.2 Å². The van der Waals surface area contributed by atoms with Crippen molar-refractivity contribution in [3.63, 3.8) is 0 Å². The second-order valence-corrected chi connectivity index (χ2v) is 6.46. The first-order valence-electron chi connectivity index (χ1n) is 6.08. The van der Waals surface area contributed by atoms with E-state index in [4.69, 9.17) is 0 Å². The molecule has 0 aliphatic rings. The van der Waals surface area contributed by atoms with Crippen LogP contribution in [0.2, 0.25) is 0 Å². The molecule has 0 unspecified atom stereocenters. The van der Waals surface area contributed by atoms with Crippen molar-refractivity contribution in [2.24, 2.45) is 0 Å². The minimum atomic E-state index is -3.26. The van der Waals surface area contributed by atoms with Gasteiger partial charge in [-0.1, -0.05) is 6.92 Å². The van der Waals surface area contributed by atoms with E-state index >= 15 is 0 Å². The average Bonchev–Trinajstić information content (AvgIpc) is 2.36. The third-order valence-electron chi connectivity index (χ3n) is 2.94. The first kappa shape index (κ1) is 15.5. The van der Waals surface area contributed by atoms with Crippen LogP contribution < -0.4 is 9.21 Å². The van der Waals surface area contributed by atoms with Crippen LogP contribution in [0.1, 0.15) is 19.8 Å². The number of amides is 1. The minimum absolute atomic E-state index is 0.0479. The summed E-state index contributed by atoms with van der Waals surface area (Å²) in [4.78, 5) is 13.3. The molecule has 0 fully saturated rings. The van der Waals surface area contributed by atoms with Gasteiger partial charge in [0.15, 0.2) is 0 Å². The minimum Gasteiger partial charge on any atom is -0.316 e. The van der Waals surface area contributed by atoms with Crippen LogP contribution >= 0.6 is 0 Å². The van der Waals surface area contributed by atoms with Gasteiger partial charge < -0.3 is 4.90 Å². The zero-order valence-corrected chi connectivity index (χ0v) is 12.6. The topological polar surface area (TPSA) is 57.7 Å². The summed E-state index contributed by atoms with van der Waals surface area (Å²) in [6.45, 7) is 1.95. The fourth-order valence-corrected chi connectivity index (χ4v) is 2.11. The Morgan fingerprint density at radius 2 is 1.58 bits per heavy atom. The Labute approximate surface area is 114 Å². The average molecular weight is 284 g/mol. The number of carbonyl (C=O) groups excluding carboxylic acids is 1. The predicted molar refractivity (Wildman–Crippen MR) is 78.0 cm³/mol. The lowest BCUT2D eigenvalue weighted by Gasteiger charge is -2.20. The van der Waals surface area contributed by atoms with E-state index in [2.05, 4.69) is 0 Å². The number of rotatable bonds is 5. The fraction of sp³-hybridized carbons (Fsp3) is 0.462. The second-order valence-electron chi connectivity index (χ2n) is 4.45. The van der Waals surface area contributed by atoms with Crippen LogP contribution in [0, 0.1) is 0 Å². The maximum atomic E-state index is 11.7. The highest BCUT2D eigenvalue weighted by molar-refractivity contribution is 7.92. The number of carbonyl (C=O) groups is 1. The van der Waals surface area contributed by atoms with Gasteiger partial charge in [-0.2, -0.15) is 0 Å². The fourth-order valence-electron chi connectivity index (χ4n) is 1.60. The summed E-state index contributed by atoms with van der Waals surface area (Å²) in [5, 5.41) is 0. The Balaban J connectivity index is 2.91. The Hall–Kier alpha value is -1.56. The van der Waals surface area contributed by atoms with E-state index < -0.39 is 10.0 Å². The predicted octanol–water partition coefficient (Wildman–Crippen LogP) is 1.85. The molecule has 106 valence electrons. The summed E-state index contributed by atoms with van der Waals surface area (Å²) in [5.41, 5.74) is 1.33. The summed E-state index contributed by atoms with van der Waals surface area (Å²) in [6.07, 6.45) is 2.46. The van der Waals surface area contributed by atoms with Gasteiger partial charge in [-0.05, 0) is 30.7 Å². The zero-order chi connectivity index (χ0) is 14.6. The number of anilines is 2. The van der Waals surface area contributed by atoms with Gasteiger partial charge in [-0.15, -0.1) is 0 Å². The zero-order valence-electron chi connectivity index (χ0n) is 11.8. The highest BCUT2D eigenvalue weighted by Crippen LogP contribution is 2.21. The highest BCUT2D eigenvalue weighted by Gasteiger charge is 2.13. The molecule has 0 aliphatic heterocycles. The molecule has 6 heteroatoms. The van der Waals surface area contributed by atoms with Gasteiger partial charge in [0, 0.05) is 26.2 Å². The summed E-state index contributed by atoms with van der Waals surface area (Å²) in [6, 6.07) is 6.85. The smallest absolute Gasteiger partial charge is 0.231 e. The molecule has 0 spiro atoms. The van der Waals surface area contributed by atoms with E-state index in [9.17, 15) is 13.2 Å². The summed E-state index contributed by atoms with van der Waals surface area (Å²) in [7, 11) is -0.0493. The van der Waals surface area contributed by atoms with Crippen LogP contribution in [0.25, 0.3) is 0 Å². The van der Waals surface area contributed by atoms with Crippen molar-refractivity contribution in [1.29, 1.82) is 0 Å². The van der Waals surface area contributed by atoms with E-state index in [1.54, 1.807) is 36.2 Å². The molecule has 0 saturated heterocycles. The molecule has 0 saturated carbocycles. The van der Waals surface area contributed by atoms with E-state index in [0.29, 0.717) is 12.1 Å². The van der Waals surface area contributed by atoms with Crippen LogP contribution in [-0.4, -0.2) is 34.7 Å². The summed E-state index contributed by atoms with van der Waals surface area (Å²) >= 11 is 0. The normalized spacial score (nSPS) is 11.2. The maximum Gasteiger partial charge on any atom is 0.231 e.